The molecule has 2 aromatic rings. The van der Waals surface area contributed by atoms with Crippen molar-refractivity contribution in [2.24, 2.45) is 7.05 Å². The summed E-state index contributed by atoms with van der Waals surface area (Å²) in [4.78, 5) is 26.8. The molecule has 27 heavy (non-hydrogen) atoms. The van der Waals surface area contributed by atoms with Crippen LogP contribution >= 0.6 is 0 Å². The van der Waals surface area contributed by atoms with E-state index in [1.165, 1.54) is 17.9 Å². The molecule has 9 heteroatoms. The molecule has 0 atom stereocenters. The second-order valence-electron chi connectivity index (χ2n) is 6.29. The summed E-state index contributed by atoms with van der Waals surface area (Å²) in [6, 6.07) is 4.89. The molecule has 1 aromatic carbocycles. The van der Waals surface area contributed by atoms with Gasteiger partial charge in [0.25, 0.3) is 18.2 Å². The van der Waals surface area contributed by atoms with Crippen LogP contribution in [-0.4, -0.2) is 52.8 Å². The molecule has 1 N–H and O–H groups in total. The van der Waals surface area contributed by atoms with Gasteiger partial charge >= 0.3 is 0 Å². The lowest BCUT2D eigenvalue weighted by atomic mass is 10.1. The second-order valence-corrected chi connectivity index (χ2v) is 6.29. The van der Waals surface area contributed by atoms with E-state index < -0.39 is 18.0 Å². The molecule has 0 spiro atoms. The van der Waals surface area contributed by atoms with Gasteiger partial charge < -0.3 is 15.0 Å². The number of hydrogen-bond acceptors (Lipinski definition) is 4. The van der Waals surface area contributed by atoms with Crippen molar-refractivity contribution < 1.29 is 23.1 Å². The van der Waals surface area contributed by atoms with Gasteiger partial charge in [-0.3, -0.25) is 14.3 Å². The zero-order chi connectivity index (χ0) is 19.6. The van der Waals surface area contributed by atoms with E-state index in [0.29, 0.717) is 37.6 Å². The fourth-order valence-electron chi connectivity index (χ4n) is 2.91. The third kappa shape index (κ3) is 4.13. The smallest absolute Gasteiger partial charge is 0.282 e. The van der Waals surface area contributed by atoms with Crippen molar-refractivity contribution in [1.82, 2.24) is 14.7 Å². The molecular formula is C18H20F2N4O3. The van der Waals surface area contributed by atoms with Crippen LogP contribution in [0.2, 0.25) is 0 Å². The fourth-order valence-corrected chi connectivity index (χ4v) is 2.91. The SMILES string of the molecule is Cc1ccc(NC(=O)c2cn(C)nc2C(F)F)cc1C(=O)N1CCOCC1. The molecule has 0 saturated carbocycles. The van der Waals surface area contributed by atoms with Gasteiger partial charge in [0, 0.05) is 37.6 Å². The molecular weight excluding hydrogens is 358 g/mol. The van der Waals surface area contributed by atoms with E-state index in [1.807, 2.05) is 0 Å². The largest absolute Gasteiger partial charge is 0.378 e. The van der Waals surface area contributed by atoms with Crippen molar-refractivity contribution in [3.63, 3.8) is 0 Å². The Morgan fingerprint density at radius 2 is 1.93 bits per heavy atom. The van der Waals surface area contributed by atoms with E-state index in [1.54, 1.807) is 30.0 Å². The number of aromatic nitrogens is 2. The second kappa shape index (κ2) is 7.83. The predicted molar refractivity (Wildman–Crippen MR) is 94.0 cm³/mol. The molecule has 1 aliphatic heterocycles. The number of halogens is 2. The van der Waals surface area contributed by atoms with Gasteiger partial charge in [-0.1, -0.05) is 6.07 Å². The van der Waals surface area contributed by atoms with Crippen LogP contribution in [0, 0.1) is 6.92 Å². The number of nitrogens with zero attached hydrogens (tertiary/aromatic N) is 3. The first-order valence-electron chi connectivity index (χ1n) is 8.47. The van der Waals surface area contributed by atoms with Gasteiger partial charge in [0.15, 0.2) is 0 Å². The Labute approximate surface area is 154 Å². The fraction of sp³-hybridized carbons (Fsp3) is 0.389. The molecule has 0 aliphatic carbocycles. The van der Waals surface area contributed by atoms with Crippen LogP contribution in [0.25, 0.3) is 0 Å². The summed E-state index contributed by atoms with van der Waals surface area (Å²) in [5.41, 5.74) is 0.793. The highest BCUT2D eigenvalue weighted by Gasteiger charge is 2.24. The summed E-state index contributed by atoms with van der Waals surface area (Å²) < 4.78 is 32.5. The van der Waals surface area contributed by atoms with Gasteiger partial charge in [-0.25, -0.2) is 8.78 Å². The van der Waals surface area contributed by atoms with E-state index in [0.717, 1.165) is 5.56 Å². The van der Waals surface area contributed by atoms with Crippen molar-refractivity contribution in [2.45, 2.75) is 13.3 Å². The number of benzene rings is 1. The molecule has 144 valence electrons. The maximum Gasteiger partial charge on any atom is 0.282 e. The number of anilines is 1. The molecule has 7 nitrogen and oxygen atoms in total. The quantitative estimate of drug-likeness (QED) is 0.886. The summed E-state index contributed by atoms with van der Waals surface area (Å²) in [5.74, 6) is -0.853. The Morgan fingerprint density at radius 3 is 2.59 bits per heavy atom. The average Bonchev–Trinajstić information content (AvgIpc) is 3.06. The number of ether oxygens (including phenoxy) is 1. The van der Waals surface area contributed by atoms with Crippen molar-refractivity contribution in [3.05, 3.63) is 46.8 Å². The minimum absolute atomic E-state index is 0.151. The van der Waals surface area contributed by atoms with Crippen LogP contribution in [0.3, 0.4) is 0 Å². The molecule has 1 saturated heterocycles. The zero-order valence-corrected chi connectivity index (χ0v) is 15.0. The van der Waals surface area contributed by atoms with Crippen molar-refractivity contribution in [3.8, 4) is 0 Å². The third-order valence-corrected chi connectivity index (χ3v) is 4.33. The number of aryl methyl sites for hydroxylation is 2. The lowest BCUT2D eigenvalue weighted by molar-refractivity contribution is 0.0302. The van der Waals surface area contributed by atoms with Gasteiger partial charge in [0.2, 0.25) is 0 Å². The number of morpholine rings is 1. The number of nitrogens with one attached hydrogen (secondary N) is 1. The molecule has 1 aliphatic rings. The number of amides is 2. The van der Waals surface area contributed by atoms with Gasteiger partial charge in [-0.05, 0) is 24.6 Å². The number of carbonyl (C=O) groups is 2. The topological polar surface area (TPSA) is 76.5 Å². The lowest BCUT2D eigenvalue weighted by Crippen LogP contribution is -2.41. The Bertz CT molecular complexity index is 860. The minimum atomic E-state index is -2.86. The average molecular weight is 378 g/mol. The van der Waals surface area contributed by atoms with Crippen molar-refractivity contribution in [1.29, 1.82) is 0 Å². The standard InChI is InChI=1S/C18H20F2N4O3/c1-11-3-4-12(9-13(11)18(26)24-5-7-27-8-6-24)21-17(25)14-10-23(2)22-15(14)16(19)20/h3-4,9-10,16H,5-8H2,1-2H3,(H,21,25). The highest BCUT2D eigenvalue weighted by Crippen LogP contribution is 2.23. The normalized spacial score (nSPS) is 14.5. The van der Waals surface area contributed by atoms with Crippen molar-refractivity contribution in [2.75, 3.05) is 31.6 Å². The molecule has 0 unspecified atom stereocenters. The molecule has 0 bridgehead atoms. The van der Waals surface area contributed by atoms with Gasteiger partial charge in [0.05, 0.1) is 18.8 Å². The third-order valence-electron chi connectivity index (χ3n) is 4.33. The van der Waals surface area contributed by atoms with E-state index in [9.17, 15) is 18.4 Å². The van der Waals surface area contributed by atoms with Crippen LogP contribution in [0.5, 0.6) is 0 Å². The maximum atomic E-state index is 13.1. The van der Waals surface area contributed by atoms with Crippen LogP contribution in [-0.2, 0) is 11.8 Å². The predicted octanol–water partition coefficient (Wildman–Crippen LogP) is 2.39. The number of carbonyl (C=O) groups excluding carboxylic acids is 2. The van der Waals surface area contributed by atoms with Crippen LogP contribution < -0.4 is 5.32 Å². The van der Waals surface area contributed by atoms with E-state index in [-0.39, 0.29) is 11.5 Å². The molecule has 2 heterocycles. The summed E-state index contributed by atoms with van der Waals surface area (Å²) in [6.45, 7) is 3.77. The summed E-state index contributed by atoms with van der Waals surface area (Å²) in [6.07, 6.45) is -1.62. The Kier molecular flexibility index (Phi) is 5.50. The monoisotopic (exact) mass is 378 g/mol. The van der Waals surface area contributed by atoms with Gasteiger partial charge in [0.1, 0.15) is 5.69 Å². The summed E-state index contributed by atoms with van der Waals surface area (Å²) in [7, 11) is 1.47. The first kappa shape index (κ1) is 19.0. The summed E-state index contributed by atoms with van der Waals surface area (Å²) in [5, 5.41) is 6.20. The Hall–Kier alpha value is -2.81. The number of alkyl halides is 2. The van der Waals surface area contributed by atoms with E-state index >= 15 is 0 Å². The first-order valence-corrected chi connectivity index (χ1v) is 8.47. The van der Waals surface area contributed by atoms with Crippen LogP contribution in [0.1, 0.15) is 38.4 Å². The molecule has 1 aromatic heterocycles. The van der Waals surface area contributed by atoms with E-state index in [4.69, 9.17) is 4.74 Å². The van der Waals surface area contributed by atoms with Gasteiger partial charge in [-0.2, -0.15) is 5.10 Å². The van der Waals surface area contributed by atoms with Crippen molar-refractivity contribution >= 4 is 17.5 Å². The number of hydrogen-bond donors (Lipinski definition) is 1. The Balaban J connectivity index is 1.82. The molecule has 3 rings (SSSR count). The highest BCUT2D eigenvalue weighted by atomic mass is 19.3. The minimum Gasteiger partial charge on any atom is -0.378 e. The van der Waals surface area contributed by atoms with E-state index in [2.05, 4.69) is 10.4 Å². The molecule has 1 fully saturated rings. The zero-order valence-electron chi connectivity index (χ0n) is 15.0. The van der Waals surface area contributed by atoms with Gasteiger partial charge in [-0.15, -0.1) is 0 Å². The van der Waals surface area contributed by atoms with Crippen LogP contribution in [0.4, 0.5) is 14.5 Å². The lowest BCUT2D eigenvalue weighted by Gasteiger charge is -2.27. The maximum absolute atomic E-state index is 13.1. The molecule has 0 radical (unpaired) electrons. The van der Waals surface area contributed by atoms with Crippen LogP contribution in [0.15, 0.2) is 24.4 Å². The first-order chi connectivity index (χ1) is 12.9. The Morgan fingerprint density at radius 1 is 1.22 bits per heavy atom. The number of rotatable bonds is 4. The summed E-state index contributed by atoms with van der Waals surface area (Å²) >= 11 is 0. The molecule has 2 amide bonds. The highest BCUT2D eigenvalue weighted by molar-refractivity contribution is 6.06.